The van der Waals surface area contributed by atoms with E-state index >= 15 is 0 Å². The van der Waals surface area contributed by atoms with Gasteiger partial charge in [0.2, 0.25) is 12.0 Å². The Morgan fingerprint density at radius 1 is 1.00 bits per heavy atom. The van der Waals surface area contributed by atoms with Gasteiger partial charge in [-0.15, -0.1) is 0 Å². The third-order valence-electron chi connectivity index (χ3n) is 5.65. The van der Waals surface area contributed by atoms with Gasteiger partial charge in [-0.1, -0.05) is 12.1 Å². The Morgan fingerprint density at radius 3 is 2.43 bits per heavy atom. The highest BCUT2D eigenvalue weighted by Gasteiger charge is 2.45. The molecule has 1 aliphatic heterocycles. The molecule has 4 rings (SSSR count). The third kappa shape index (κ3) is 3.24. The van der Waals surface area contributed by atoms with Crippen LogP contribution >= 0.6 is 0 Å². The zero-order valence-corrected chi connectivity index (χ0v) is 16.2. The van der Waals surface area contributed by atoms with E-state index in [9.17, 15) is 30.6 Å². The lowest BCUT2D eigenvalue weighted by Gasteiger charge is -2.40. The van der Waals surface area contributed by atoms with E-state index in [1.54, 1.807) is 12.1 Å². The van der Waals surface area contributed by atoms with Crippen LogP contribution in [0.5, 0.6) is 23.0 Å². The van der Waals surface area contributed by atoms with Gasteiger partial charge in [0.1, 0.15) is 30.2 Å². The van der Waals surface area contributed by atoms with Crippen molar-refractivity contribution < 1.29 is 44.8 Å². The van der Waals surface area contributed by atoms with E-state index < -0.39 is 37.3 Å². The molecule has 162 valence electrons. The van der Waals surface area contributed by atoms with Gasteiger partial charge in [-0.25, -0.2) is 0 Å². The number of methoxy groups -OCH3 is 1. The molecule has 9 heteroatoms. The SMILES string of the molecule is COc1cc2c(c(O[C@@H]3O[C@H](CO)[C@@H](O)[C@H](O)[C@H]3O)c1O)-c1c(O)cccc1CC2. The molecule has 2 aliphatic rings. The van der Waals surface area contributed by atoms with Gasteiger partial charge in [0, 0.05) is 11.1 Å². The van der Waals surface area contributed by atoms with Crippen LogP contribution in [0.3, 0.4) is 0 Å². The number of aliphatic hydroxyl groups is 4. The first-order valence-corrected chi connectivity index (χ1v) is 9.58. The number of hydrogen-bond donors (Lipinski definition) is 6. The largest absolute Gasteiger partial charge is 0.507 e. The Bertz CT molecular complexity index is 943. The first-order chi connectivity index (χ1) is 14.4. The molecule has 9 nitrogen and oxygen atoms in total. The van der Waals surface area contributed by atoms with E-state index in [4.69, 9.17) is 14.2 Å². The topological polar surface area (TPSA) is 149 Å². The van der Waals surface area contributed by atoms with Crippen LogP contribution in [0.15, 0.2) is 24.3 Å². The second-order valence-corrected chi connectivity index (χ2v) is 7.42. The summed E-state index contributed by atoms with van der Waals surface area (Å²) >= 11 is 0. The van der Waals surface area contributed by atoms with Crippen LogP contribution in [0.2, 0.25) is 0 Å². The molecular weight excluding hydrogens is 396 g/mol. The van der Waals surface area contributed by atoms with Crippen molar-refractivity contribution in [3.63, 3.8) is 0 Å². The molecule has 0 bridgehead atoms. The molecule has 0 saturated carbocycles. The number of rotatable bonds is 4. The molecule has 1 aliphatic carbocycles. The Kier molecular flexibility index (Phi) is 5.48. The van der Waals surface area contributed by atoms with Crippen molar-refractivity contribution in [2.45, 2.75) is 43.5 Å². The van der Waals surface area contributed by atoms with Crippen LogP contribution in [0.1, 0.15) is 11.1 Å². The minimum absolute atomic E-state index is 0.00308. The van der Waals surface area contributed by atoms with Gasteiger partial charge < -0.3 is 44.8 Å². The smallest absolute Gasteiger partial charge is 0.229 e. The van der Waals surface area contributed by atoms with Gasteiger partial charge in [0.05, 0.1) is 13.7 Å². The summed E-state index contributed by atoms with van der Waals surface area (Å²) in [6.45, 7) is -0.614. The Labute approximate surface area is 172 Å². The van der Waals surface area contributed by atoms with Crippen LogP contribution in [0.4, 0.5) is 0 Å². The molecule has 0 unspecified atom stereocenters. The summed E-state index contributed by atoms with van der Waals surface area (Å²) in [4.78, 5) is 0. The first-order valence-electron chi connectivity index (χ1n) is 9.58. The fourth-order valence-corrected chi connectivity index (χ4v) is 4.05. The molecule has 1 saturated heterocycles. The number of aromatic hydroxyl groups is 2. The van der Waals surface area contributed by atoms with Crippen molar-refractivity contribution in [1.29, 1.82) is 0 Å². The third-order valence-corrected chi connectivity index (χ3v) is 5.65. The number of benzene rings is 2. The molecule has 2 aromatic carbocycles. The molecule has 1 fully saturated rings. The van der Waals surface area contributed by atoms with Gasteiger partial charge in [-0.05, 0) is 36.1 Å². The fraction of sp³-hybridized carbons (Fsp3) is 0.429. The van der Waals surface area contributed by atoms with Crippen molar-refractivity contribution in [3.05, 3.63) is 35.4 Å². The lowest BCUT2D eigenvalue weighted by molar-refractivity contribution is -0.277. The van der Waals surface area contributed by atoms with Crippen LogP contribution in [-0.2, 0) is 17.6 Å². The maximum absolute atomic E-state index is 10.8. The summed E-state index contributed by atoms with van der Waals surface area (Å²) in [5.41, 5.74) is 2.50. The molecule has 1 heterocycles. The van der Waals surface area contributed by atoms with Crippen molar-refractivity contribution in [1.82, 2.24) is 0 Å². The predicted octanol–water partition coefficient (Wildman–Crippen LogP) is 0.0507. The number of phenols is 2. The molecule has 2 aromatic rings. The molecule has 30 heavy (non-hydrogen) atoms. The summed E-state index contributed by atoms with van der Waals surface area (Å²) in [5, 5.41) is 61.1. The maximum atomic E-state index is 10.8. The second kappa shape index (κ2) is 7.93. The van der Waals surface area contributed by atoms with E-state index in [0.29, 0.717) is 24.0 Å². The average Bonchev–Trinajstić information content (AvgIpc) is 2.75. The van der Waals surface area contributed by atoms with E-state index in [-0.39, 0.29) is 23.0 Å². The number of hydrogen-bond acceptors (Lipinski definition) is 9. The van der Waals surface area contributed by atoms with Gasteiger partial charge in [-0.2, -0.15) is 0 Å². The van der Waals surface area contributed by atoms with Crippen molar-refractivity contribution in [2.75, 3.05) is 13.7 Å². The van der Waals surface area contributed by atoms with Gasteiger partial charge >= 0.3 is 0 Å². The van der Waals surface area contributed by atoms with E-state index in [1.165, 1.54) is 13.2 Å². The average molecular weight is 420 g/mol. The van der Waals surface area contributed by atoms with Gasteiger partial charge in [0.15, 0.2) is 11.5 Å². The van der Waals surface area contributed by atoms with Crippen molar-refractivity contribution >= 4 is 0 Å². The normalized spacial score (nSPS) is 27.8. The number of aryl methyl sites for hydroxylation is 2. The van der Waals surface area contributed by atoms with E-state index in [2.05, 4.69) is 0 Å². The van der Waals surface area contributed by atoms with Crippen LogP contribution in [0.25, 0.3) is 11.1 Å². The summed E-state index contributed by atoms with van der Waals surface area (Å²) in [7, 11) is 1.38. The summed E-state index contributed by atoms with van der Waals surface area (Å²) in [6, 6.07) is 6.75. The maximum Gasteiger partial charge on any atom is 0.229 e. The molecule has 0 spiro atoms. The molecule has 0 radical (unpaired) electrons. The second-order valence-electron chi connectivity index (χ2n) is 7.42. The Hall–Kier alpha value is -2.56. The monoisotopic (exact) mass is 420 g/mol. The Balaban J connectivity index is 1.83. The number of aliphatic hydroxyl groups excluding tert-OH is 4. The lowest BCUT2D eigenvalue weighted by atomic mass is 9.84. The fourth-order valence-electron chi connectivity index (χ4n) is 4.05. The zero-order valence-electron chi connectivity index (χ0n) is 16.2. The standard InChI is InChI=1S/C21H24O9/c1-28-12-7-10-6-5-9-3-2-4-11(23)14(9)15(10)20(17(12)25)30-21-19(27)18(26)16(24)13(8-22)29-21/h2-4,7,13,16,18-19,21-27H,5-6,8H2,1H3/t13-,16-,18+,19-,21+/m1/s1. The predicted molar refractivity (Wildman–Crippen MR) is 104 cm³/mol. The highest BCUT2D eigenvalue weighted by atomic mass is 16.7. The van der Waals surface area contributed by atoms with Crippen LogP contribution in [0, 0.1) is 0 Å². The van der Waals surface area contributed by atoms with Gasteiger partial charge in [0.25, 0.3) is 0 Å². The number of phenolic OH excluding ortho intramolecular Hbond substituents is 2. The van der Waals surface area contributed by atoms with Crippen LogP contribution in [-0.4, -0.2) is 75.1 Å². The zero-order chi connectivity index (χ0) is 21.6. The van der Waals surface area contributed by atoms with E-state index in [0.717, 1.165) is 11.1 Å². The van der Waals surface area contributed by atoms with Crippen molar-refractivity contribution in [2.24, 2.45) is 0 Å². The number of ether oxygens (including phenoxy) is 3. The molecule has 6 N–H and O–H groups in total. The van der Waals surface area contributed by atoms with Crippen molar-refractivity contribution in [3.8, 4) is 34.1 Å². The first kappa shape index (κ1) is 20.7. The molecule has 0 amide bonds. The van der Waals surface area contributed by atoms with Gasteiger partial charge in [-0.3, -0.25) is 0 Å². The summed E-state index contributed by atoms with van der Waals surface area (Å²) in [5.74, 6) is -0.343. The lowest BCUT2D eigenvalue weighted by Crippen LogP contribution is -2.60. The quantitative estimate of drug-likeness (QED) is 0.403. The summed E-state index contributed by atoms with van der Waals surface area (Å²) in [6.07, 6.45) is -6.25. The number of fused-ring (bicyclic) bond motifs is 3. The highest BCUT2D eigenvalue weighted by molar-refractivity contribution is 5.86. The minimum Gasteiger partial charge on any atom is -0.507 e. The molecular formula is C21H24O9. The van der Waals surface area contributed by atoms with Crippen LogP contribution < -0.4 is 9.47 Å². The minimum atomic E-state index is -1.66. The highest BCUT2D eigenvalue weighted by Crippen LogP contribution is 2.52. The molecule has 5 atom stereocenters. The molecule has 0 aromatic heterocycles. The van der Waals surface area contributed by atoms with E-state index in [1.807, 2.05) is 6.07 Å². The Morgan fingerprint density at radius 2 is 1.73 bits per heavy atom. The summed E-state index contributed by atoms with van der Waals surface area (Å²) < 4.78 is 16.5.